The molecule has 25 heavy (non-hydrogen) atoms. The first-order chi connectivity index (χ1) is 11.8. The Morgan fingerprint density at radius 1 is 1.24 bits per heavy atom. The molecule has 2 heterocycles. The van der Waals surface area contributed by atoms with Crippen LogP contribution in [0.5, 0.6) is 0 Å². The summed E-state index contributed by atoms with van der Waals surface area (Å²) in [6.07, 6.45) is 1.72. The second-order valence-electron chi connectivity index (χ2n) is 6.25. The molecule has 9 heteroatoms. The van der Waals surface area contributed by atoms with Crippen LogP contribution in [0.3, 0.4) is 0 Å². The molecule has 2 aliphatic rings. The summed E-state index contributed by atoms with van der Waals surface area (Å²) in [7, 11) is -3.85. The van der Waals surface area contributed by atoms with E-state index in [0.29, 0.717) is 31.6 Å². The Balaban J connectivity index is 1.87. The molecular formula is C16H20ClNO6S. The van der Waals surface area contributed by atoms with Gasteiger partial charge in [-0.25, -0.2) is 13.2 Å². The fourth-order valence-electron chi connectivity index (χ4n) is 3.16. The van der Waals surface area contributed by atoms with Gasteiger partial charge in [-0.2, -0.15) is 4.31 Å². The standard InChI is InChI=1S/C16H20ClNO6S/c1-11-13(17)9-12(15(19)20)10-14(11)25(21,22)18-5-3-16(4-6-18)23-7-2-8-24-16/h9-10H,2-8H2,1H3,(H,19,20). The summed E-state index contributed by atoms with van der Waals surface area (Å²) in [5, 5.41) is 9.28. The molecule has 0 aromatic heterocycles. The summed E-state index contributed by atoms with van der Waals surface area (Å²) < 4.78 is 38.8. The van der Waals surface area contributed by atoms with Gasteiger partial charge in [0.05, 0.1) is 23.7 Å². The van der Waals surface area contributed by atoms with Crippen molar-refractivity contribution in [3.05, 3.63) is 28.3 Å². The molecule has 0 saturated carbocycles. The highest BCUT2D eigenvalue weighted by molar-refractivity contribution is 7.89. The molecular weight excluding hydrogens is 370 g/mol. The number of carbonyl (C=O) groups is 1. The van der Waals surface area contributed by atoms with Crippen molar-refractivity contribution >= 4 is 27.6 Å². The number of rotatable bonds is 3. The van der Waals surface area contributed by atoms with Gasteiger partial charge in [0.25, 0.3) is 0 Å². The SMILES string of the molecule is Cc1c(Cl)cc(C(=O)O)cc1S(=O)(=O)N1CCC2(CC1)OCCCO2. The summed E-state index contributed by atoms with van der Waals surface area (Å²) in [6, 6.07) is 2.42. The molecule has 3 rings (SSSR count). The van der Waals surface area contributed by atoms with Crippen LogP contribution in [-0.4, -0.2) is 55.9 Å². The Labute approximate surface area is 151 Å². The maximum absolute atomic E-state index is 13.0. The smallest absolute Gasteiger partial charge is 0.335 e. The largest absolute Gasteiger partial charge is 0.478 e. The van der Waals surface area contributed by atoms with Gasteiger partial charge in [-0.1, -0.05) is 11.6 Å². The Morgan fingerprint density at radius 2 is 1.84 bits per heavy atom. The fourth-order valence-corrected chi connectivity index (χ4v) is 5.15. The minimum absolute atomic E-state index is 0.0705. The van der Waals surface area contributed by atoms with Crippen molar-refractivity contribution < 1.29 is 27.8 Å². The average Bonchev–Trinajstić information content (AvgIpc) is 2.58. The summed E-state index contributed by atoms with van der Waals surface area (Å²) >= 11 is 6.04. The summed E-state index contributed by atoms with van der Waals surface area (Å²) in [5.74, 6) is -1.92. The lowest BCUT2D eigenvalue weighted by Gasteiger charge is -2.42. The lowest BCUT2D eigenvalue weighted by atomic mass is 10.0. The Kier molecular flexibility index (Phi) is 5.09. The van der Waals surface area contributed by atoms with Gasteiger partial charge in [0, 0.05) is 31.0 Å². The highest BCUT2D eigenvalue weighted by Crippen LogP contribution is 2.34. The summed E-state index contributed by atoms with van der Waals surface area (Å²) in [4.78, 5) is 11.2. The topological polar surface area (TPSA) is 93.1 Å². The van der Waals surface area contributed by atoms with Crippen LogP contribution in [0.2, 0.25) is 5.02 Å². The molecule has 1 aromatic rings. The number of sulfonamides is 1. The number of aromatic carboxylic acids is 1. The van der Waals surface area contributed by atoms with Gasteiger partial charge in [-0.3, -0.25) is 0 Å². The maximum Gasteiger partial charge on any atom is 0.335 e. The van der Waals surface area contributed by atoms with Crippen LogP contribution in [0.4, 0.5) is 0 Å². The van der Waals surface area contributed by atoms with E-state index in [-0.39, 0.29) is 28.6 Å². The predicted molar refractivity (Wildman–Crippen MR) is 90.4 cm³/mol. The van der Waals surface area contributed by atoms with Gasteiger partial charge < -0.3 is 14.6 Å². The molecule has 7 nitrogen and oxygen atoms in total. The normalized spacial score (nSPS) is 21.4. The van der Waals surface area contributed by atoms with E-state index in [1.807, 2.05) is 0 Å². The molecule has 1 spiro atoms. The van der Waals surface area contributed by atoms with Gasteiger partial charge in [0.15, 0.2) is 5.79 Å². The number of ether oxygens (including phenoxy) is 2. The van der Waals surface area contributed by atoms with E-state index in [4.69, 9.17) is 26.2 Å². The van der Waals surface area contributed by atoms with E-state index in [1.165, 1.54) is 10.4 Å². The number of carboxylic acids is 1. The van der Waals surface area contributed by atoms with Crippen molar-refractivity contribution in [2.75, 3.05) is 26.3 Å². The van der Waals surface area contributed by atoms with Crippen molar-refractivity contribution in [3.8, 4) is 0 Å². The summed E-state index contributed by atoms with van der Waals surface area (Å²) in [5.41, 5.74) is 0.193. The van der Waals surface area contributed by atoms with Gasteiger partial charge >= 0.3 is 5.97 Å². The zero-order chi connectivity index (χ0) is 18.2. The molecule has 0 atom stereocenters. The quantitative estimate of drug-likeness (QED) is 0.852. The fraction of sp³-hybridized carbons (Fsp3) is 0.562. The number of hydrogen-bond donors (Lipinski definition) is 1. The zero-order valence-electron chi connectivity index (χ0n) is 13.8. The van der Waals surface area contributed by atoms with Crippen LogP contribution in [0, 0.1) is 6.92 Å². The van der Waals surface area contributed by atoms with E-state index in [9.17, 15) is 13.2 Å². The molecule has 0 bridgehead atoms. The number of carboxylic acid groups (broad SMARTS) is 1. The van der Waals surface area contributed by atoms with E-state index in [1.54, 1.807) is 6.92 Å². The molecule has 1 aromatic carbocycles. The van der Waals surface area contributed by atoms with Crippen LogP contribution in [0.1, 0.15) is 35.2 Å². The molecule has 0 radical (unpaired) electrons. The van der Waals surface area contributed by atoms with E-state index in [2.05, 4.69) is 0 Å². The molecule has 2 fully saturated rings. The monoisotopic (exact) mass is 389 g/mol. The molecule has 2 aliphatic heterocycles. The van der Waals surface area contributed by atoms with Gasteiger partial charge in [-0.05, 0) is 31.0 Å². The molecule has 0 aliphatic carbocycles. The minimum atomic E-state index is -3.85. The third-order valence-corrected chi connectivity index (χ3v) is 7.08. The lowest BCUT2D eigenvalue weighted by molar-refractivity contribution is -0.280. The predicted octanol–water partition coefficient (Wildman–Crippen LogP) is 2.26. The number of piperidine rings is 1. The number of nitrogens with zero attached hydrogens (tertiary/aromatic N) is 1. The lowest BCUT2D eigenvalue weighted by Crippen LogP contribution is -2.51. The van der Waals surface area contributed by atoms with Gasteiger partial charge in [-0.15, -0.1) is 0 Å². The van der Waals surface area contributed by atoms with Crippen LogP contribution in [-0.2, 0) is 19.5 Å². The Morgan fingerprint density at radius 3 is 2.40 bits per heavy atom. The molecule has 0 unspecified atom stereocenters. The van der Waals surface area contributed by atoms with E-state index >= 15 is 0 Å². The second kappa shape index (κ2) is 6.85. The summed E-state index contributed by atoms with van der Waals surface area (Å²) in [6.45, 7) is 3.29. The third kappa shape index (κ3) is 3.54. The first-order valence-electron chi connectivity index (χ1n) is 8.07. The second-order valence-corrected chi connectivity index (χ2v) is 8.57. The maximum atomic E-state index is 13.0. The van der Waals surface area contributed by atoms with Crippen molar-refractivity contribution in [1.29, 1.82) is 0 Å². The highest BCUT2D eigenvalue weighted by Gasteiger charge is 2.42. The van der Waals surface area contributed by atoms with E-state index in [0.717, 1.165) is 12.5 Å². The van der Waals surface area contributed by atoms with Crippen molar-refractivity contribution in [1.82, 2.24) is 4.31 Å². The highest BCUT2D eigenvalue weighted by atomic mass is 35.5. The number of benzene rings is 1. The van der Waals surface area contributed by atoms with Crippen LogP contribution in [0.25, 0.3) is 0 Å². The zero-order valence-corrected chi connectivity index (χ0v) is 15.4. The number of hydrogen-bond acceptors (Lipinski definition) is 5. The molecule has 0 amide bonds. The molecule has 1 N–H and O–H groups in total. The minimum Gasteiger partial charge on any atom is -0.478 e. The third-order valence-electron chi connectivity index (χ3n) is 4.66. The van der Waals surface area contributed by atoms with Crippen LogP contribution < -0.4 is 0 Å². The van der Waals surface area contributed by atoms with Gasteiger partial charge in [0.1, 0.15) is 0 Å². The number of halogens is 1. The van der Waals surface area contributed by atoms with Crippen LogP contribution in [0.15, 0.2) is 17.0 Å². The van der Waals surface area contributed by atoms with Crippen molar-refractivity contribution in [3.63, 3.8) is 0 Å². The van der Waals surface area contributed by atoms with Gasteiger partial charge in [0.2, 0.25) is 10.0 Å². The van der Waals surface area contributed by atoms with Crippen molar-refractivity contribution in [2.24, 2.45) is 0 Å². The van der Waals surface area contributed by atoms with E-state index < -0.39 is 21.8 Å². The Bertz CT molecular complexity index is 778. The van der Waals surface area contributed by atoms with Crippen molar-refractivity contribution in [2.45, 2.75) is 36.9 Å². The van der Waals surface area contributed by atoms with Crippen LogP contribution >= 0.6 is 11.6 Å². The first-order valence-corrected chi connectivity index (χ1v) is 9.88. The average molecular weight is 390 g/mol. The molecule has 138 valence electrons. The Hall–Kier alpha value is -1.19. The molecule has 2 saturated heterocycles. The first kappa shape index (κ1) is 18.6.